The van der Waals surface area contributed by atoms with Gasteiger partial charge in [0.15, 0.2) is 0 Å². The number of hydrogen-bond donors (Lipinski definition) is 4. The zero-order valence-electron chi connectivity index (χ0n) is 24.3. The van der Waals surface area contributed by atoms with Crippen LogP contribution in [0.25, 0.3) is 11.0 Å². The molecule has 1 aromatic carbocycles. The van der Waals surface area contributed by atoms with Crippen LogP contribution in [0.15, 0.2) is 18.2 Å². The lowest BCUT2D eigenvalue weighted by atomic mass is 9.77. The van der Waals surface area contributed by atoms with Gasteiger partial charge in [0.25, 0.3) is 0 Å². The maximum atomic E-state index is 13.8. The minimum absolute atomic E-state index is 0.141. The molecule has 3 atom stereocenters. The minimum atomic E-state index is -1.04. The summed E-state index contributed by atoms with van der Waals surface area (Å²) in [4.78, 5) is 47.0. The summed E-state index contributed by atoms with van der Waals surface area (Å²) >= 11 is 0. The topological polar surface area (TPSA) is 134 Å². The van der Waals surface area contributed by atoms with Crippen LogP contribution in [-0.4, -0.2) is 61.3 Å². The molecule has 1 unspecified atom stereocenters. The summed E-state index contributed by atoms with van der Waals surface area (Å²) in [6.45, 7) is 4.36. The molecule has 2 aromatic rings. The van der Waals surface area contributed by atoms with Crippen LogP contribution in [0.1, 0.15) is 89.1 Å². The second kappa shape index (κ2) is 13.5. The van der Waals surface area contributed by atoms with Gasteiger partial charge in [-0.15, -0.1) is 0 Å². The van der Waals surface area contributed by atoms with Crippen LogP contribution in [0.3, 0.4) is 0 Å². The predicted molar refractivity (Wildman–Crippen MR) is 153 cm³/mol. The number of imidazole rings is 1. The van der Waals surface area contributed by atoms with Gasteiger partial charge in [-0.25, -0.2) is 9.78 Å². The molecule has 1 aromatic heterocycles. The van der Waals surface area contributed by atoms with Crippen molar-refractivity contribution in [3.63, 3.8) is 0 Å². The fourth-order valence-corrected chi connectivity index (χ4v) is 6.05. The minimum Gasteiger partial charge on any atom is -0.453 e. The summed E-state index contributed by atoms with van der Waals surface area (Å²) in [5.74, 6) is 0.927. The highest BCUT2D eigenvalue weighted by atomic mass is 16.5. The van der Waals surface area contributed by atoms with E-state index in [-0.39, 0.29) is 30.4 Å². The van der Waals surface area contributed by atoms with Crippen molar-refractivity contribution in [1.29, 1.82) is 0 Å². The van der Waals surface area contributed by atoms with Crippen molar-refractivity contribution < 1.29 is 23.9 Å². The molecule has 0 bridgehead atoms. The number of aromatic amines is 1. The second-order valence-corrected chi connectivity index (χ2v) is 11.6. The summed E-state index contributed by atoms with van der Waals surface area (Å²) in [5, 5.41) is 8.88. The maximum Gasteiger partial charge on any atom is 0.407 e. The predicted octanol–water partition coefficient (Wildman–Crippen LogP) is 4.26. The fraction of sp³-hybridized carbons (Fsp3) is 0.667. The van der Waals surface area contributed by atoms with Gasteiger partial charge in [-0.2, -0.15) is 0 Å². The van der Waals surface area contributed by atoms with Gasteiger partial charge in [0.1, 0.15) is 11.9 Å². The standard InChI is InChI=1S/C30H45N5O5/c1-5-31-27(36)25(20-12-9-13-20)35-28(37)30(2,18-39-3)21-14-15-22-23(17-21)33-26(32-22)24(34-29(38)40-4)16-19-10-7-6-8-11-19/h14-15,17,19-20,24-25H,5-13,16,18H2,1-4H3,(H,31,36)(H,32,33)(H,34,38)(H,35,37)/t24-,25+,30?/m0/s1. The second-order valence-electron chi connectivity index (χ2n) is 11.6. The third-order valence-electron chi connectivity index (χ3n) is 8.72. The van der Waals surface area contributed by atoms with Gasteiger partial charge in [-0.05, 0) is 62.6 Å². The smallest absolute Gasteiger partial charge is 0.407 e. The number of H-pyrrole nitrogens is 1. The molecule has 4 rings (SSSR count). The van der Waals surface area contributed by atoms with Gasteiger partial charge < -0.3 is 30.4 Å². The number of ether oxygens (including phenoxy) is 2. The number of amides is 3. The van der Waals surface area contributed by atoms with Crippen molar-refractivity contribution in [2.75, 3.05) is 27.4 Å². The van der Waals surface area contributed by atoms with Gasteiger partial charge in [0.05, 0.1) is 36.2 Å². The number of nitrogens with one attached hydrogen (secondary N) is 4. The number of carbonyl (C=O) groups excluding carboxylic acids is 3. The third-order valence-corrected chi connectivity index (χ3v) is 8.72. The molecule has 2 aliphatic carbocycles. The lowest BCUT2D eigenvalue weighted by Crippen LogP contribution is -2.57. The van der Waals surface area contributed by atoms with Crippen LogP contribution >= 0.6 is 0 Å². The van der Waals surface area contributed by atoms with E-state index < -0.39 is 17.6 Å². The molecule has 0 spiro atoms. The van der Waals surface area contributed by atoms with Gasteiger partial charge in [0.2, 0.25) is 11.8 Å². The number of carbonyl (C=O) groups is 3. The molecule has 4 N–H and O–H groups in total. The molecular weight excluding hydrogens is 510 g/mol. The molecule has 1 heterocycles. The molecular formula is C30H45N5O5. The first-order valence-corrected chi connectivity index (χ1v) is 14.7. The van der Waals surface area contributed by atoms with Crippen molar-refractivity contribution in [1.82, 2.24) is 25.9 Å². The van der Waals surface area contributed by atoms with Crippen molar-refractivity contribution in [3.8, 4) is 0 Å². The SMILES string of the molecule is CCNC(=O)[C@H](NC(=O)C(C)(COC)c1ccc2[nH]c([C@H](CC3CCCCC3)NC(=O)OC)nc2c1)C1CCC1. The molecule has 0 aliphatic heterocycles. The molecule has 10 heteroatoms. The Bertz CT molecular complexity index is 1170. The number of hydrogen-bond acceptors (Lipinski definition) is 6. The third kappa shape index (κ3) is 6.77. The van der Waals surface area contributed by atoms with E-state index >= 15 is 0 Å². The molecule has 2 saturated carbocycles. The molecule has 0 radical (unpaired) electrons. The van der Waals surface area contributed by atoms with E-state index in [2.05, 4.69) is 20.9 Å². The Morgan fingerprint density at radius 3 is 2.45 bits per heavy atom. The highest BCUT2D eigenvalue weighted by molar-refractivity contribution is 5.94. The number of benzene rings is 1. The van der Waals surface area contributed by atoms with Crippen molar-refractivity contribution in [2.24, 2.45) is 11.8 Å². The average molecular weight is 556 g/mol. The molecule has 3 amide bonds. The first kappa shape index (κ1) is 29.8. The molecule has 10 nitrogen and oxygen atoms in total. The van der Waals surface area contributed by atoms with E-state index in [0.29, 0.717) is 23.8 Å². The lowest BCUT2D eigenvalue weighted by Gasteiger charge is -2.36. The molecule has 2 fully saturated rings. The highest BCUT2D eigenvalue weighted by Crippen LogP contribution is 2.34. The van der Waals surface area contributed by atoms with E-state index in [1.807, 2.05) is 32.0 Å². The number of methoxy groups -OCH3 is 2. The Morgan fingerprint density at radius 1 is 1.07 bits per heavy atom. The number of likely N-dealkylation sites (N-methyl/N-ethyl adjacent to an activating group) is 1. The van der Waals surface area contributed by atoms with Crippen LogP contribution in [-0.2, 0) is 24.5 Å². The summed E-state index contributed by atoms with van der Waals surface area (Å²) in [7, 11) is 2.93. The quantitative estimate of drug-likeness (QED) is 0.309. The van der Waals surface area contributed by atoms with E-state index in [1.165, 1.54) is 26.4 Å². The Balaban J connectivity index is 1.60. The zero-order valence-corrected chi connectivity index (χ0v) is 24.3. The van der Waals surface area contributed by atoms with Gasteiger partial charge in [-0.3, -0.25) is 9.59 Å². The van der Waals surface area contributed by atoms with Crippen LogP contribution in [0.2, 0.25) is 0 Å². The highest BCUT2D eigenvalue weighted by Gasteiger charge is 2.41. The van der Waals surface area contributed by atoms with E-state index in [9.17, 15) is 14.4 Å². The van der Waals surface area contributed by atoms with Crippen molar-refractivity contribution in [3.05, 3.63) is 29.6 Å². The van der Waals surface area contributed by atoms with E-state index in [0.717, 1.165) is 49.6 Å². The van der Waals surface area contributed by atoms with Crippen molar-refractivity contribution in [2.45, 2.75) is 89.1 Å². The maximum absolute atomic E-state index is 13.8. The van der Waals surface area contributed by atoms with E-state index in [1.54, 1.807) is 7.11 Å². The molecule has 0 saturated heterocycles. The van der Waals surface area contributed by atoms with Crippen LogP contribution < -0.4 is 16.0 Å². The first-order chi connectivity index (χ1) is 19.3. The molecule has 2 aliphatic rings. The largest absolute Gasteiger partial charge is 0.453 e. The number of aromatic nitrogens is 2. The number of nitrogens with zero attached hydrogens (tertiary/aromatic N) is 1. The van der Waals surface area contributed by atoms with Crippen molar-refractivity contribution >= 4 is 28.9 Å². The summed E-state index contributed by atoms with van der Waals surface area (Å²) in [6.07, 6.45) is 9.18. The lowest BCUT2D eigenvalue weighted by molar-refractivity contribution is -0.135. The van der Waals surface area contributed by atoms with E-state index in [4.69, 9.17) is 14.5 Å². The molecule has 40 heavy (non-hydrogen) atoms. The Labute approximate surface area is 236 Å². The first-order valence-electron chi connectivity index (χ1n) is 14.7. The van der Waals surface area contributed by atoms with Gasteiger partial charge in [-0.1, -0.05) is 44.6 Å². The van der Waals surface area contributed by atoms with Gasteiger partial charge >= 0.3 is 6.09 Å². The number of rotatable bonds is 12. The fourth-order valence-electron chi connectivity index (χ4n) is 6.05. The average Bonchev–Trinajstić information content (AvgIpc) is 3.35. The number of fused-ring (bicyclic) bond motifs is 1. The van der Waals surface area contributed by atoms with Crippen LogP contribution in [0.4, 0.5) is 4.79 Å². The number of alkyl carbamates (subject to hydrolysis) is 1. The zero-order chi connectivity index (χ0) is 28.7. The monoisotopic (exact) mass is 555 g/mol. The molecule has 220 valence electrons. The summed E-state index contributed by atoms with van der Waals surface area (Å²) in [5.41, 5.74) is 1.21. The van der Waals surface area contributed by atoms with Crippen LogP contribution in [0, 0.1) is 11.8 Å². The Morgan fingerprint density at radius 2 is 1.82 bits per heavy atom. The Kier molecular flexibility index (Phi) is 10.1. The summed E-state index contributed by atoms with van der Waals surface area (Å²) < 4.78 is 10.4. The van der Waals surface area contributed by atoms with Gasteiger partial charge in [0, 0.05) is 13.7 Å². The normalized spacial score (nSPS) is 19.2. The summed E-state index contributed by atoms with van der Waals surface area (Å²) in [6, 6.07) is 4.83. The van der Waals surface area contributed by atoms with Crippen LogP contribution in [0.5, 0.6) is 0 Å². The Hall–Kier alpha value is -3.14.